The summed E-state index contributed by atoms with van der Waals surface area (Å²) in [5.41, 5.74) is 0.648. The molecule has 7 heteroatoms. The number of carbonyl (C=O) groups excluding carboxylic acids is 1. The van der Waals surface area contributed by atoms with Crippen LogP contribution in [0.5, 0.6) is 5.75 Å². The van der Waals surface area contributed by atoms with Crippen molar-refractivity contribution in [2.75, 3.05) is 0 Å². The predicted octanol–water partition coefficient (Wildman–Crippen LogP) is -5.46. The molecule has 2 rings (SSSR count). The van der Waals surface area contributed by atoms with Gasteiger partial charge in [-0.05, 0) is 18.6 Å². The Morgan fingerprint density at radius 2 is 2.06 bits per heavy atom. The summed E-state index contributed by atoms with van der Waals surface area (Å²) in [4.78, 5) is 18.7. The van der Waals surface area contributed by atoms with Gasteiger partial charge >= 0.3 is 59.1 Å². The minimum atomic E-state index is -0.400. The molecular formula is C10H7N2Na2O3-. The summed E-state index contributed by atoms with van der Waals surface area (Å²) in [5, 5.41) is 11.6. The van der Waals surface area contributed by atoms with E-state index in [1.54, 1.807) is 12.1 Å². The summed E-state index contributed by atoms with van der Waals surface area (Å²) in [6.45, 7) is 1.31. The van der Waals surface area contributed by atoms with E-state index in [0.717, 1.165) is 0 Å². The summed E-state index contributed by atoms with van der Waals surface area (Å²) in [5.74, 6) is -0.738. The van der Waals surface area contributed by atoms with Gasteiger partial charge < -0.3 is 20.4 Å². The van der Waals surface area contributed by atoms with Gasteiger partial charge in [0.25, 0.3) is 0 Å². The number of hydrogen-bond acceptors (Lipinski definition) is 5. The maximum atomic E-state index is 11.6. The number of fused-ring (bicyclic) bond motifs is 1. The third-order valence-electron chi connectivity index (χ3n) is 1.87. The molecule has 1 N–H and O–H groups in total. The monoisotopic (exact) mass is 249 g/mol. The smallest absolute Gasteiger partial charge is 0.913 e. The Morgan fingerprint density at radius 1 is 1.41 bits per heavy atom. The summed E-state index contributed by atoms with van der Waals surface area (Å²) in [6.07, 6.45) is 3.92. The topological polar surface area (TPSA) is 95.9 Å². The molecule has 2 aromatic rings. The molecule has 5 nitrogen and oxygen atoms in total. The molecule has 0 amide bonds. The molecular weight excluding hydrogens is 242 g/mol. The van der Waals surface area contributed by atoms with Crippen LogP contribution >= 0.6 is 0 Å². The van der Waals surface area contributed by atoms with Crippen molar-refractivity contribution in [3.63, 3.8) is 0 Å². The molecule has 0 fully saturated rings. The number of nitrogens with zero attached hydrogens (tertiary/aromatic N) is 2. The third kappa shape index (κ3) is 3.99. The second kappa shape index (κ2) is 8.16. The number of hydrogen-bond donors (Lipinski definition) is 0. The second-order valence-corrected chi connectivity index (χ2v) is 2.86. The van der Waals surface area contributed by atoms with E-state index in [2.05, 4.69) is 16.2 Å². The fourth-order valence-electron chi connectivity index (χ4n) is 1.19. The number of pyridine rings is 2. The van der Waals surface area contributed by atoms with Crippen LogP contribution in [0.4, 0.5) is 0 Å². The quantitative estimate of drug-likeness (QED) is 0.285. The van der Waals surface area contributed by atoms with Gasteiger partial charge in [0.1, 0.15) is 0 Å². The Labute approximate surface area is 143 Å². The number of ketones is 1. The van der Waals surface area contributed by atoms with Crippen LogP contribution in [0.25, 0.3) is 11.0 Å². The molecule has 0 bridgehead atoms. The zero-order chi connectivity index (χ0) is 10.1. The van der Waals surface area contributed by atoms with E-state index in [1.165, 1.54) is 13.1 Å². The summed E-state index contributed by atoms with van der Waals surface area (Å²) in [7, 11) is 0. The number of aromatic nitrogens is 2. The van der Waals surface area contributed by atoms with Crippen LogP contribution in [0.3, 0.4) is 0 Å². The first-order valence-electron chi connectivity index (χ1n) is 4.04. The minimum Gasteiger partial charge on any atom is -0.913 e. The van der Waals surface area contributed by atoms with E-state index >= 15 is 0 Å². The van der Waals surface area contributed by atoms with Crippen molar-refractivity contribution in [3.05, 3.63) is 30.1 Å². The first kappa shape index (κ1) is 19.3. The normalized spacial score (nSPS) is 8.53. The molecule has 0 radical (unpaired) electrons. The van der Waals surface area contributed by atoms with Crippen molar-refractivity contribution in [2.45, 2.75) is 6.92 Å². The van der Waals surface area contributed by atoms with E-state index in [1.807, 2.05) is 0 Å². The Morgan fingerprint density at radius 3 is 2.65 bits per heavy atom. The Kier molecular flexibility index (Phi) is 9.27. The van der Waals surface area contributed by atoms with Gasteiger partial charge in [0.15, 0.2) is 0 Å². The maximum Gasteiger partial charge on any atom is 1.00 e. The first-order valence-corrected chi connectivity index (χ1v) is 4.04. The number of Topliss-reactive ketones (excluding diaryl/α,β-unsaturated/α-hetero) is 1. The van der Waals surface area contributed by atoms with Crippen molar-refractivity contribution in [1.82, 2.24) is 9.97 Å². The van der Waals surface area contributed by atoms with Gasteiger partial charge in [-0.3, -0.25) is 4.98 Å². The molecule has 0 saturated carbocycles. The molecule has 2 aromatic heterocycles. The molecule has 0 atom stereocenters. The van der Waals surface area contributed by atoms with E-state index < -0.39 is 5.75 Å². The van der Waals surface area contributed by atoms with Crippen LogP contribution in [-0.4, -0.2) is 21.2 Å². The summed E-state index contributed by atoms with van der Waals surface area (Å²) < 4.78 is 0. The number of carbonyl (C=O) groups is 1. The molecule has 0 unspecified atom stereocenters. The van der Waals surface area contributed by atoms with Gasteiger partial charge in [0, 0.05) is 11.7 Å². The molecule has 17 heavy (non-hydrogen) atoms. The van der Waals surface area contributed by atoms with Gasteiger partial charge in [0.2, 0.25) is 0 Å². The van der Waals surface area contributed by atoms with Crippen LogP contribution in [0.2, 0.25) is 0 Å². The standard InChI is InChI=1S/C10H7N2O2.2Na.H2O/c1-6(13)7-5-12-8-3-2-4-11-9(8)10(7)14;;;/h2-4H,1H3,(H,12,14);;;1H2/q-1;2*+1;/p-2. The van der Waals surface area contributed by atoms with E-state index in [-0.39, 0.29) is 81.5 Å². The van der Waals surface area contributed by atoms with Crippen LogP contribution in [0.15, 0.2) is 18.3 Å². The molecule has 2 heterocycles. The van der Waals surface area contributed by atoms with Crippen LogP contribution < -0.4 is 64.2 Å². The van der Waals surface area contributed by atoms with E-state index in [9.17, 15) is 9.90 Å². The summed E-state index contributed by atoms with van der Waals surface area (Å²) >= 11 is 0. The van der Waals surface area contributed by atoms with Gasteiger partial charge in [-0.2, -0.15) is 5.75 Å². The Balaban J connectivity index is 0. The molecule has 78 valence electrons. The van der Waals surface area contributed by atoms with Crippen molar-refractivity contribution >= 4 is 16.8 Å². The third-order valence-corrected chi connectivity index (χ3v) is 1.87. The fraction of sp³-hybridized carbons (Fsp3) is 0.100. The second-order valence-electron chi connectivity index (χ2n) is 2.86. The van der Waals surface area contributed by atoms with Crippen molar-refractivity contribution < 1.29 is 74.5 Å². The molecule has 0 aliphatic rings. The fourth-order valence-corrected chi connectivity index (χ4v) is 1.19. The van der Waals surface area contributed by atoms with Crippen molar-refractivity contribution in [3.8, 4) is 5.75 Å². The first-order chi connectivity index (χ1) is 6.70. The van der Waals surface area contributed by atoms with E-state index in [4.69, 9.17) is 0 Å². The maximum absolute atomic E-state index is 11.6. The average molecular weight is 249 g/mol. The number of rotatable bonds is 1. The average Bonchev–Trinajstić information content (AvgIpc) is 2.18. The van der Waals surface area contributed by atoms with Crippen molar-refractivity contribution in [2.24, 2.45) is 0 Å². The largest absolute Gasteiger partial charge is 1.00 e. The molecule has 0 saturated heterocycles. The van der Waals surface area contributed by atoms with Gasteiger partial charge in [-0.25, -0.2) is 0 Å². The molecule has 0 aliphatic carbocycles. The molecule has 0 aliphatic heterocycles. The Bertz CT molecular complexity index is 520. The van der Waals surface area contributed by atoms with Crippen LogP contribution in [-0.2, 0) is 0 Å². The SMILES string of the molecule is CC(=O)c1[c-]nc2cccnc2c1[O-].[Na+].[Na+].[OH-]. The van der Waals surface area contributed by atoms with Crippen molar-refractivity contribution in [1.29, 1.82) is 0 Å². The Hall–Kier alpha value is -0.01000. The predicted molar refractivity (Wildman–Crippen MR) is 49.8 cm³/mol. The summed E-state index contributed by atoms with van der Waals surface area (Å²) in [6, 6.07) is 3.33. The van der Waals surface area contributed by atoms with Gasteiger partial charge in [-0.1, -0.05) is 17.7 Å². The molecule has 0 spiro atoms. The zero-order valence-electron chi connectivity index (χ0n) is 9.89. The zero-order valence-corrected chi connectivity index (χ0v) is 13.9. The van der Waals surface area contributed by atoms with Gasteiger partial charge in [-0.15, -0.1) is 0 Å². The van der Waals surface area contributed by atoms with Crippen LogP contribution in [0, 0.1) is 6.20 Å². The van der Waals surface area contributed by atoms with Crippen LogP contribution in [0.1, 0.15) is 17.3 Å². The minimum absolute atomic E-state index is 0. The van der Waals surface area contributed by atoms with E-state index in [0.29, 0.717) is 5.52 Å². The molecule has 0 aromatic carbocycles. The van der Waals surface area contributed by atoms with Gasteiger partial charge in [0.05, 0.1) is 5.78 Å².